The second-order valence-corrected chi connectivity index (χ2v) is 6.32. The van der Waals surface area contributed by atoms with Crippen LogP contribution >= 0.6 is 0 Å². The number of carbonyl (C=O) groups is 1. The minimum absolute atomic E-state index is 0.0344. The fraction of sp³-hybridized carbons (Fsp3) is 0.643. The van der Waals surface area contributed by atoms with Crippen LogP contribution in [-0.4, -0.2) is 27.1 Å². The molecule has 0 spiro atoms. The van der Waals surface area contributed by atoms with Gasteiger partial charge in [-0.3, -0.25) is 9.59 Å². The van der Waals surface area contributed by atoms with E-state index in [0.29, 0.717) is 18.7 Å². The van der Waals surface area contributed by atoms with Gasteiger partial charge in [-0.25, -0.2) is 4.98 Å². The maximum absolute atomic E-state index is 11.5. The average Bonchev–Trinajstić information content (AvgIpc) is 2.39. The molecule has 0 amide bonds. The van der Waals surface area contributed by atoms with Crippen molar-refractivity contribution >= 4 is 17.5 Å². The van der Waals surface area contributed by atoms with Gasteiger partial charge in [0.1, 0.15) is 5.69 Å². The van der Waals surface area contributed by atoms with Crippen molar-refractivity contribution in [2.75, 3.05) is 11.1 Å². The lowest BCUT2D eigenvalue weighted by Gasteiger charge is -2.46. The minimum atomic E-state index is -0.751. The van der Waals surface area contributed by atoms with Crippen molar-refractivity contribution in [2.45, 2.75) is 39.7 Å². The molecule has 0 radical (unpaired) electrons. The lowest BCUT2D eigenvalue weighted by molar-refractivity contribution is -0.149. The third-order valence-electron chi connectivity index (χ3n) is 4.95. The number of aliphatic carboxylic acids is 1. The summed E-state index contributed by atoms with van der Waals surface area (Å²) in [5.74, 6) is -0.651. The number of aromatic amines is 1. The molecule has 3 atom stereocenters. The zero-order chi connectivity index (χ0) is 15.8. The van der Waals surface area contributed by atoms with Crippen molar-refractivity contribution in [3.8, 4) is 0 Å². The molecule has 1 aromatic rings. The summed E-state index contributed by atoms with van der Waals surface area (Å²) in [5.41, 5.74) is 5.06. The molecule has 2 rings (SSSR count). The van der Waals surface area contributed by atoms with Crippen molar-refractivity contribution < 1.29 is 9.90 Å². The van der Waals surface area contributed by atoms with Crippen LogP contribution in [0.4, 0.5) is 11.5 Å². The minimum Gasteiger partial charge on any atom is -0.481 e. The van der Waals surface area contributed by atoms with E-state index in [0.717, 1.165) is 0 Å². The van der Waals surface area contributed by atoms with E-state index in [1.807, 2.05) is 20.8 Å². The number of nitrogens with two attached hydrogens (primary N) is 1. The Morgan fingerprint density at radius 1 is 1.52 bits per heavy atom. The molecule has 1 fully saturated rings. The fourth-order valence-corrected chi connectivity index (χ4v) is 3.14. The molecule has 1 saturated carbocycles. The topological polar surface area (TPSA) is 121 Å². The molecule has 0 saturated heterocycles. The number of H-pyrrole nitrogens is 1. The average molecular weight is 294 g/mol. The van der Waals surface area contributed by atoms with Crippen LogP contribution in [0.1, 0.15) is 33.6 Å². The Bertz CT molecular complexity index is 596. The normalized spacial score (nSPS) is 28.0. The van der Waals surface area contributed by atoms with Gasteiger partial charge in [-0.1, -0.05) is 20.8 Å². The molecule has 1 aliphatic rings. The highest BCUT2D eigenvalue weighted by molar-refractivity contribution is 5.71. The Hall–Kier alpha value is -2.05. The zero-order valence-electron chi connectivity index (χ0n) is 12.5. The number of rotatable bonds is 3. The van der Waals surface area contributed by atoms with E-state index in [2.05, 4.69) is 15.3 Å². The van der Waals surface area contributed by atoms with Gasteiger partial charge in [0.05, 0.1) is 12.2 Å². The zero-order valence-corrected chi connectivity index (χ0v) is 12.5. The summed E-state index contributed by atoms with van der Waals surface area (Å²) in [7, 11) is 0. The maximum Gasteiger partial charge on any atom is 0.307 e. The van der Waals surface area contributed by atoms with Gasteiger partial charge >= 0.3 is 5.97 Å². The first-order valence-corrected chi connectivity index (χ1v) is 7.07. The summed E-state index contributed by atoms with van der Waals surface area (Å²) in [6.07, 6.45) is 2.60. The quantitative estimate of drug-likeness (QED) is 0.666. The van der Waals surface area contributed by atoms with Crippen LogP contribution in [0.15, 0.2) is 11.1 Å². The molecule has 3 unspecified atom stereocenters. The number of hydrogen-bond donors (Lipinski definition) is 4. The summed E-state index contributed by atoms with van der Waals surface area (Å²) in [4.78, 5) is 29.4. The third-order valence-corrected chi connectivity index (χ3v) is 4.95. The lowest BCUT2D eigenvalue weighted by Crippen LogP contribution is -2.48. The number of hydrogen-bond acceptors (Lipinski definition) is 5. The second-order valence-electron chi connectivity index (χ2n) is 6.32. The Labute approximate surface area is 123 Å². The van der Waals surface area contributed by atoms with Gasteiger partial charge in [-0.05, 0) is 24.2 Å². The second kappa shape index (κ2) is 5.38. The first-order chi connectivity index (χ1) is 9.75. The van der Waals surface area contributed by atoms with E-state index in [1.165, 1.54) is 6.33 Å². The molecule has 5 N–H and O–H groups in total. The van der Waals surface area contributed by atoms with Gasteiger partial charge in [0.2, 0.25) is 0 Å². The molecule has 1 aromatic heterocycles. The molecule has 1 heterocycles. The van der Waals surface area contributed by atoms with E-state index in [-0.39, 0.29) is 34.5 Å². The third kappa shape index (κ3) is 2.72. The predicted octanol–water partition coefficient (Wildman–Crippen LogP) is 1.29. The van der Waals surface area contributed by atoms with Crippen LogP contribution in [0, 0.1) is 17.3 Å². The highest BCUT2D eigenvalue weighted by atomic mass is 16.4. The van der Waals surface area contributed by atoms with Crippen molar-refractivity contribution in [3.63, 3.8) is 0 Å². The number of nitrogens with one attached hydrogen (secondary N) is 2. The standard InChI is InChI=1S/C14H22N4O3/c1-7-9(5-4-8(13(20)21)14(7,2)3)18-11-10(15)12(19)17-6-16-11/h6-9H,4-5,15H2,1-3H3,(H,20,21)(H2,16,17,18,19). The number of carboxylic acids is 1. The summed E-state index contributed by atoms with van der Waals surface area (Å²) in [6, 6.07) is 0.0344. The summed E-state index contributed by atoms with van der Waals surface area (Å²) in [5, 5.41) is 12.6. The van der Waals surface area contributed by atoms with Crippen molar-refractivity contribution in [1.82, 2.24) is 9.97 Å². The highest BCUT2D eigenvalue weighted by Crippen LogP contribution is 2.45. The number of nitrogens with zero attached hydrogens (tertiary/aromatic N) is 1. The van der Waals surface area contributed by atoms with Gasteiger partial charge < -0.3 is 21.1 Å². The van der Waals surface area contributed by atoms with Crippen LogP contribution in [0.5, 0.6) is 0 Å². The van der Waals surface area contributed by atoms with Crippen molar-refractivity contribution in [1.29, 1.82) is 0 Å². The Morgan fingerprint density at radius 2 is 2.19 bits per heavy atom. The molecule has 0 aromatic carbocycles. The molecule has 116 valence electrons. The highest BCUT2D eigenvalue weighted by Gasteiger charge is 2.46. The largest absolute Gasteiger partial charge is 0.481 e. The van der Waals surface area contributed by atoms with Gasteiger partial charge in [0.25, 0.3) is 5.56 Å². The number of carboxylic acid groups (broad SMARTS) is 1. The maximum atomic E-state index is 11.5. The summed E-state index contributed by atoms with van der Waals surface area (Å²) < 4.78 is 0. The predicted molar refractivity (Wildman–Crippen MR) is 80.0 cm³/mol. The van der Waals surface area contributed by atoms with Gasteiger partial charge in [-0.2, -0.15) is 0 Å². The van der Waals surface area contributed by atoms with E-state index in [4.69, 9.17) is 5.73 Å². The van der Waals surface area contributed by atoms with Crippen LogP contribution in [0.2, 0.25) is 0 Å². The summed E-state index contributed by atoms with van der Waals surface area (Å²) in [6.45, 7) is 5.97. The number of nitrogen functional groups attached to an aromatic ring is 1. The van der Waals surface area contributed by atoms with E-state index >= 15 is 0 Å². The van der Waals surface area contributed by atoms with Crippen LogP contribution in [0.3, 0.4) is 0 Å². The molecule has 21 heavy (non-hydrogen) atoms. The van der Waals surface area contributed by atoms with Crippen molar-refractivity contribution in [3.05, 3.63) is 16.7 Å². The molecular formula is C14H22N4O3. The molecule has 7 heteroatoms. The van der Waals surface area contributed by atoms with Crippen LogP contribution in [0.25, 0.3) is 0 Å². The summed E-state index contributed by atoms with van der Waals surface area (Å²) >= 11 is 0. The molecule has 0 aliphatic heterocycles. The first kappa shape index (κ1) is 15.3. The Balaban J connectivity index is 2.21. The molecule has 1 aliphatic carbocycles. The van der Waals surface area contributed by atoms with E-state index in [9.17, 15) is 14.7 Å². The monoisotopic (exact) mass is 294 g/mol. The van der Waals surface area contributed by atoms with Crippen LogP contribution < -0.4 is 16.6 Å². The molecule has 7 nitrogen and oxygen atoms in total. The SMILES string of the molecule is CC1C(Nc2nc[nH]c(=O)c2N)CCC(C(=O)O)C1(C)C. The van der Waals surface area contributed by atoms with Crippen LogP contribution in [-0.2, 0) is 4.79 Å². The Morgan fingerprint density at radius 3 is 2.81 bits per heavy atom. The van der Waals surface area contributed by atoms with Crippen molar-refractivity contribution in [2.24, 2.45) is 17.3 Å². The lowest BCUT2D eigenvalue weighted by atomic mass is 9.61. The van der Waals surface area contributed by atoms with Gasteiger partial charge in [0.15, 0.2) is 5.82 Å². The first-order valence-electron chi connectivity index (χ1n) is 7.07. The van der Waals surface area contributed by atoms with Gasteiger partial charge in [-0.15, -0.1) is 0 Å². The Kier molecular flexibility index (Phi) is 3.93. The van der Waals surface area contributed by atoms with Gasteiger partial charge in [0, 0.05) is 6.04 Å². The van der Waals surface area contributed by atoms with E-state index in [1.54, 1.807) is 0 Å². The molecular weight excluding hydrogens is 272 g/mol. The number of aromatic nitrogens is 2. The smallest absolute Gasteiger partial charge is 0.307 e. The molecule has 0 bridgehead atoms. The fourth-order valence-electron chi connectivity index (χ4n) is 3.14. The van der Waals surface area contributed by atoms with E-state index < -0.39 is 5.97 Å². The number of anilines is 2.